The van der Waals surface area contributed by atoms with Gasteiger partial charge < -0.3 is 20.8 Å². The third-order valence-electron chi connectivity index (χ3n) is 3.58. The van der Waals surface area contributed by atoms with Gasteiger partial charge in [-0.05, 0) is 45.4 Å². The quantitative estimate of drug-likeness (QED) is 0.379. The molecular weight excluding hydrogens is 320 g/mol. The standard InChI is InChI=1S/C17H26N6O2/c1-4-19-17(21-11-14-6-7-15(25-14)16(18)24)20-8-5-9-23-13(3)10-12(2)22-23/h6-7,10H,4-5,8-9,11H2,1-3H3,(H2,18,24)(H2,19,20,21). The van der Waals surface area contributed by atoms with Gasteiger partial charge in [0.2, 0.25) is 0 Å². The highest BCUT2D eigenvalue weighted by Gasteiger charge is 2.07. The fourth-order valence-corrected chi connectivity index (χ4v) is 2.43. The van der Waals surface area contributed by atoms with Crippen LogP contribution in [0.25, 0.3) is 0 Å². The largest absolute Gasteiger partial charge is 0.454 e. The van der Waals surface area contributed by atoms with Crippen LogP contribution < -0.4 is 16.4 Å². The van der Waals surface area contributed by atoms with Crippen molar-refractivity contribution in [3.63, 3.8) is 0 Å². The zero-order chi connectivity index (χ0) is 18.2. The first-order valence-electron chi connectivity index (χ1n) is 8.41. The van der Waals surface area contributed by atoms with E-state index in [-0.39, 0.29) is 5.76 Å². The minimum absolute atomic E-state index is 0.146. The van der Waals surface area contributed by atoms with Crippen LogP contribution in [0.2, 0.25) is 0 Å². The number of aryl methyl sites for hydroxylation is 3. The molecule has 0 aliphatic carbocycles. The van der Waals surface area contributed by atoms with Crippen LogP contribution in [0.5, 0.6) is 0 Å². The number of nitrogens with zero attached hydrogens (tertiary/aromatic N) is 3. The van der Waals surface area contributed by atoms with Crippen LogP contribution in [0.4, 0.5) is 0 Å². The van der Waals surface area contributed by atoms with Crippen molar-refractivity contribution in [2.24, 2.45) is 10.7 Å². The molecule has 136 valence electrons. The molecule has 25 heavy (non-hydrogen) atoms. The smallest absolute Gasteiger partial charge is 0.284 e. The van der Waals surface area contributed by atoms with Gasteiger partial charge in [-0.2, -0.15) is 5.10 Å². The van der Waals surface area contributed by atoms with Crippen molar-refractivity contribution in [3.8, 4) is 0 Å². The number of rotatable bonds is 8. The number of carbonyl (C=O) groups excluding carboxylic acids is 1. The van der Waals surface area contributed by atoms with Gasteiger partial charge in [-0.3, -0.25) is 9.48 Å². The first kappa shape index (κ1) is 18.6. The normalized spacial score (nSPS) is 11.6. The van der Waals surface area contributed by atoms with Crippen molar-refractivity contribution in [2.45, 2.75) is 40.3 Å². The summed E-state index contributed by atoms with van der Waals surface area (Å²) in [6.07, 6.45) is 0.930. The summed E-state index contributed by atoms with van der Waals surface area (Å²) >= 11 is 0. The monoisotopic (exact) mass is 346 g/mol. The second-order valence-corrected chi connectivity index (χ2v) is 5.76. The first-order valence-corrected chi connectivity index (χ1v) is 8.41. The summed E-state index contributed by atoms with van der Waals surface area (Å²) < 4.78 is 7.33. The Labute approximate surface area is 147 Å². The van der Waals surface area contributed by atoms with Crippen molar-refractivity contribution >= 4 is 11.9 Å². The summed E-state index contributed by atoms with van der Waals surface area (Å²) in [6.45, 7) is 8.78. The van der Waals surface area contributed by atoms with Crippen LogP contribution >= 0.6 is 0 Å². The van der Waals surface area contributed by atoms with Gasteiger partial charge in [-0.15, -0.1) is 0 Å². The van der Waals surface area contributed by atoms with Gasteiger partial charge >= 0.3 is 0 Å². The molecule has 0 fully saturated rings. The first-order chi connectivity index (χ1) is 12.0. The molecule has 0 radical (unpaired) electrons. The van der Waals surface area contributed by atoms with Crippen LogP contribution in [0.3, 0.4) is 0 Å². The highest BCUT2D eigenvalue weighted by Crippen LogP contribution is 2.08. The Hall–Kier alpha value is -2.77. The molecule has 2 rings (SSSR count). The zero-order valence-electron chi connectivity index (χ0n) is 15.0. The van der Waals surface area contributed by atoms with Gasteiger partial charge in [-0.25, -0.2) is 4.99 Å². The van der Waals surface area contributed by atoms with E-state index in [1.807, 2.05) is 18.5 Å². The molecule has 8 heteroatoms. The van der Waals surface area contributed by atoms with Gasteiger partial charge in [-0.1, -0.05) is 0 Å². The molecule has 2 aromatic rings. The number of hydrogen-bond donors (Lipinski definition) is 3. The van der Waals surface area contributed by atoms with E-state index in [1.165, 1.54) is 5.69 Å². The van der Waals surface area contributed by atoms with Crippen LogP contribution in [-0.2, 0) is 13.1 Å². The van der Waals surface area contributed by atoms with Crippen LogP contribution in [0.1, 0.15) is 41.0 Å². The second-order valence-electron chi connectivity index (χ2n) is 5.76. The number of nitrogens with two attached hydrogens (primary N) is 1. The van der Waals surface area contributed by atoms with Crippen LogP contribution in [-0.4, -0.2) is 34.7 Å². The molecule has 2 aromatic heterocycles. The maximum absolute atomic E-state index is 11.0. The molecule has 0 aromatic carbocycles. The maximum atomic E-state index is 11.0. The fourth-order valence-electron chi connectivity index (χ4n) is 2.43. The van der Waals surface area contributed by atoms with Gasteiger partial charge in [0.1, 0.15) is 12.3 Å². The number of nitrogens with one attached hydrogen (secondary N) is 2. The topological polar surface area (TPSA) is 110 Å². The Kier molecular flexibility index (Phi) is 6.62. The molecule has 0 saturated carbocycles. The van der Waals surface area contributed by atoms with Crippen molar-refractivity contribution in [1.29, 1.82) is 0 Å². The number of carbonyl (C=O) groups is 1. The molecular formula is C17H26N6O2. The number of primary amides is 1. The summed E-state index contributed by atoms with van der Waals surface area (Å²) in [5, 5.41) is 10.9. The number of hydrogen-bond acceptors (Lipinski definition) is 4. The minimum atomic E-state index is -0.579. The Morgan fingerprint density at radius 3 is 2.76 bits per heavy atom. The van der Waals surface area contributed by atoms with Gasteiger partial charge in [0.25, 0.3) is 5.91 Å². The van der Waals surface area contributed by atoms with E-state index in [1.54, 1.807) is 12.1 Å². The Balaban J connectivity index is 1.82. The highest BCUT2D eigenvalue weighted by molar-refractivity contribution is 5.89. The molecule has 0 aliphatic heterocycles. The zero-order valence-corrected chi connectivity index (χ0v) is 15.0. The lowest BCUT2D eigenvalue weighted by Gasteiger charge is -2.11. The summed E-state index contributed by atoms with van der Waals surface area (Å²) in [7, 11) is 0. The fraction of sp³-hybridized carbons (Fsp3) is 0.471. The number of aromatic nitrogens is 2. The van der Waals surface area contributed by atoms with Gasteiger partial charge in [0.05, 0.1) is 5.69 Å². The third kappa shape index (κ3) is 5.66. The predicted octanol–water partition coefficient (Wildman–Crippen LogP) is 1.34. The molecule has 8 nitrogen and oxygen atoms in total. The number of furan rings is 1. The summed E-state index contributed by atoms with van der Waals surface area (Å²) in [5.74, 6) is 0.860. The second kappa shape index (κ2) is 8.91. The van der Waals surface area contributed by atoms with E-state index in [2.05, 4.69) is 33.7 Å². The molecule has 0 unspecified atom stereocenters. The van der Waals surface area contributed by atoms with E-state index in [9.17, 15) is 4.79 Å². The highest BCUT2D eigenvalue weighted by atomic mass is 16.3. The summed E-state index contributed by atoms with van der Waals surface area (Å²) in [5.41, 5.74) is 7.38. The lowest BCUT2D eigenvalue weighted by atomic mass is 10.4. The molecule has 0 bridgehead atoms. The lowest BCUT2D eigenvalue weighted by molar-refractivity contribution is 0.0972. The molecule has 4 N–H and O–H groups in total. The van der Waals surface area contributed by atoms with Crippen molar-refractivity contribution < 1.29 is 9.21 Å². The molecule has 2 heterocycles. The molecule has 0 spiro atoms. The Morgan fingerprint density at radius 2 is 2.16 bits per heavy atom. The van der Waals surface area contributed by atoms with Crippen LogP contribution in [0, 0.1) is 13.8 Å². The Morgan fingerprint density at radius 1 is 1.36 bits per heavy atom. The van der Waals surface area contributed by atoms with Gasteiger partial charge in [0, 0.05) is 25.3 Å². The number of amides is 1. The third-order valence-corrected chi connectivity index (χ3v) is 3.58. The van der Waals surface area contributed by atoms with E-state index in [0.29, 0.717) is 18.3 Å². The van der Waals surface area contributed by atoms with Crippen molar-refractivity contribution in [1.82, 2.24) is 20.4 Å². The summed E-state index contributed by atoms with van der Waals surface area (Å²) in [4.78, 5) is 15.5. The lowest BCUT2D eigenvalue weighted by Crippen LogP contribution is -2.38. The number of aliphatic imine (C=N–C) groups is 1. The van der Waals surface area contributed by atoms with E-state index in [0.717, 1.165) is 31.7 Å². The van der Waals surface area contributed by atoms with E-state index < -0.39 is 5.91 Å². The van der Waals surface area contributed by atoms with E-state index >= 15 is 0 Å². The van der Waals surface area contributed by atoms with Crippen LogP contribution in [0.15, 0.2) is 27.6 Å². The average Bonchev–Trinajstić information content (AvgIpc) is 3.15. The van der Waals surface area contributed by atoms with Gasteiger partial charge in [0.15, 0.2) is 11.7 Å². The maximum Gasteiger partial charge on any atom is 0.284 e. The van der Waals surface area contributed by atoms with Crippen molar-refractivity contribution in [2.75, 3.05) is 13.1 Å². The molecule has 0 atom stereocenters. The molecule has 0 saturated heterocycles. The Bertz CT molecular complexity index is 731. The number of guanidine groups is 1. The molecule has 1 amide bonds. The average molecular weight is 346 g/mol. The predicted molar refractivity (Wildman–Crippen MR) is 96.4 cm³/mol. The molecule has 0 aliphatic rings. The summed E-state index contributed by atoms with van der Waals surface area (Å²) in [6, 6.07) is 5.33. The minimum Gasteiger partial charge on any atom is -0.454 e. The SMILES string of the molecule is CCNC(=NCc1ccc(C(N)=O)o1)NCCCn1nc(C)cc1C. The van der Waals surface area contributed by atoms with Crippen molar-refractivity contribution in [3.05, 3.63) is 41.1 Å². The van der Waals surface area contributed by atoms with E-state index in [4.69, 9.17) is 10.2 Å².